The van der Waals surface area contributed by atoms with Gasteiger partial charge in [-0.15, -0.1) is 0 Å². The average molecular weight is 447 g/mol. The summed E-state index contributed by atoms with van der Waals surface area (Å²) in [6, 6.07) is 7.96. The van der Waals surface area contributed by atoms with Crippen LogP contribution >= 0.6 is 0 Å². The van der Waals surface area contributed by atoms with Gasteiger partial charge in [0.1, 0.15) is 5.75 Å². The number of amides is 1. The molecule has 0 radical (unpaired) electrons. The standard InChI is InChI=1S/C22H32N2O2.C2H2O4/c25-22(23-20-7-1-2-8-20)17-9-11-21(12-10-17)26-14-4-13-24-15-18-5-3-6-19(18)16-24;3-1(4)2(5)6/h9-12,18-20H,1-8,13-16H2,(H,23,25);(H,3,4)(H,5,6). The molecule has 2 unspecified atom stereocenters. The van der Waals surface area contributed by atoms with Crippen LogP contribution in [0.15, 0.2) is 24.3 Å². The van der Waals surface area contributed by atoms with E-state index in [1.54, 1.807) is 0 Å². The average Bonchev–Trinajstić information content (AvgIpc) is 3.50. The first-order chi connectivity index (χ1) is 15.4. The first-order valence-corrected chi connectivity index (χ1v) is 11.6. The van der Waals surface area contributed by atoms with Crippen molar-refractivity contribution in [1.29, 1.82) is 0 Å². The summed E-state index contributed by atoms with van der Waals surface area (Å²) in [7, 11) is 0. The molecule has 8 heteroatoms. The third kappa shape index (κ3) is 7.22. The monoisotopic (exact) mass is 446 g/mol. The van der Waals surface area contributed by atoms with Crippen molar-refractivity contribution in [1.82, 2.24) is 10.2 Å². The number of nitrogens with zero attached hydrogens (tertiary/aromatic N) is 1. The molecule has 1 aromatic carbocycles. The van der Waals surface area contributed by atoms with Crippen LogP contribution in [0.2, 0.25) is 0 Å². The van der Waals surface area contributed by atoms with Crippen molar-refractivity contribution >= 4 is 17.8 Å². The zero-order valence-corrected chi connectivity index (χ0v) is 18.5. The number of carboxylic acid groups (broad SMARTS) is 2. The van der Waals surface area contributed by atoms with Crippen LogP contribution in [-0.4, -0.2) is 65.2 Å². The summed E-state index contributed by atoms with van der Waals surface area (Å²) in [5.74, 6) is -0.800. The Kier molecular flexibility index (Phi) is 8.90. The predicted molar refractivity (Wildman–Crippen MR) is 119 cm³/mol. The minimum absolute atomic E-state index is 0.0445. The van der Waals surface area contributed by atoms with Crippen LogP contribution in [-0.2, 0) is 9.59 Å². The van der Waals surface area contributed by atoms with Crippen molar-refractivity contribution in [2.45, 2.75) is 57.4 Å². The van der Waals surface area contributed by atoms with E-state index >= 15 is 0 Å². The Morgan fingerprint density at radius 3 is 2.06 bits per heavy atom. The molecule has 0 bridgehead atoms. The van der Waals surface area contributed by atoms with Gasteiger partial charge < -0.3 is 25.2 Å². The SMILES string of the molecule is O=C(NC1CCCC1)c1ccc(OCCCN2CC3CCCC3C2)cc1.O=C(O)C(=O)O. The maximum atomic E-state index is 12.2. The van der Waals surface area contributed by atoms with Crippen LogP contribution in [0.25, 0.3) is 0 Å². The predicted octanol–water partition coefficient (Wildman–Crippen LogP) is 3.02. The van der Waals surface area contributed by atoms with Crippen molar-refractivity contribution in [2.24, 2.45) is 11.8 Å². The topological polar surface area (TPSA) is 116 Å². The van der Waals surface area contributed by atoms with Gasteiger partial charge in [-0.3, -0.25) is 4.79 Å². The zero-order chi connectivity index (χ0) is 22.9. The number of benzene rings is 1. The van der Waals surface area contributed by atoms with Crippen molar-refractivity contribution in [3.8, 4) is 5.75 Å². The number of aliphatic carboxylic acids is 2. The highest BCUT2D eigenvalue weighted by molar-refractivity contribution is 6.27. The molecule has 1 aliphatic heterocycles. The molecule has 0 aromatic heterocycles. The lowest BCUT2D eigenvalue weighted by Gasteiger charge is -2.16. The molecule has 0 spiro atoms. The normalized spacial score (nSPS) is 22.6. The van der Waals surface area contributed by atoms with Crippen LogP contribution in [0.3, 0.4) is 0 Å². The number of carbonyl (C=O) groups is 3. The molecule has 32 heavy (non-hydrogen) atoms. The molecule has 3 fully saturated rings. The largest absolute Gasteiger partial charge is 0.494 e. The number of hydrogen-bond donors (Lipinski definition) is 3. The molecular formula is C24H34N2O6. The van der Waals surface area contributed by atoms with Crippen LogP contribution in [0.5, 0.6) is 5.75 Å². The lowest BCUT2D eigenvalue weighted by molar-refractivity contribution is -0.159. The van der Waals surface area contributed by atoms with Crippen LogP contribution < -0.4 is 10.1 Å². The van der Waals surface area contributed by atoms with Crippen LogP contribution in [0.4, 0.5) is 0 Å². The van der Waals surface area contributed by atoms with Crippen molar-refractivity contribution in [3.05, 3.63) is 29.8 Å². The number of hydrogen-bond acceptors (Lipinski definition) is 5. The van der Waals surface area contributed by atoms with Crippen molar-refractivity contribution in [2.75, 3.05) is 26.2 Å². The molecule has 3 aliphatic rings. The molecular weight excluding hydrogens is 412 g/mol. The fourth-order valence-corrected chi connectivity index (χ4v) is 5.03. The second-order valence-electron chi connectivity index (χ2n) is 9.00. The first-order valence-electron chi connectivity index (χ1n) is 11.6. The van der Waals surface area contributed by atoms with Gasteiger partial charge in [-0.25, -0.2) is 9.59 Å². The smallest absolute Gasteiger partial charge is 0.414 e. The summed E-state index contributed by atoms with van der Waals surface area (Å²) >= 11 is 0. The summed E-state index contributed by atoms with van der Waals surface area (Å²) in [5, 5.41) is 17.9. The van der Waals surface area contributed by atoms with E-state index in [0.29, 0.717) is 6.04 Å². The highest BCUT2D eigenvalue weighted by Gasteiger charge is 2.35. The maximum Gasteiger partial charge on any atom is 0.414 e. The second-order valence-corrected chi connectivity index (χ2v) is 9.00. The van der Waals surface area contributed by atoms with E-state index in [9.17, 15) is 4.79 Å². The summed E-state index contributed by atoms with van der Waals surface area (Å²) in [4.78, 5) is 33.1. The highest BCUT2D eigenvalue weighted by Crippen LogP contribution is 2.37. The van der Waals surface area contributed by atoms with Crippen molar-refractivity contribution in [3.63, 3.8) is 0 Å². The zero-order valence-electron chi connectivity index (χ0n) is 18.5. The molecule has 3 N–H and O–H groups in total. The summed E-state index contributed by atoms with van der Waals surface area (Å²) in [6.45, 7) is 4.50. The van der Waals surface area contributed by atoms with Gasteiger partial charge in [-0.1, -0.05) is 19.3 Å². The quantitative estimate of drug-likeness (QED) is 0.435. The summed E-state index contributed by atoms with van der Waals surface area (Å²) in [5.41, 5.74) is 0.729. The maximum absolute atomic E-state index is 12.2. The fraction of sp³-hybridized carbons (Fsp3) is 0.625. The number of rotatable bonds is 7. The molecule has 4 rings (SSSR count). The van der Waals surface area contributed by atoms with E-state index in [1.807, 2.05) is 24.3 Å². The van der Waals surface area contributed by atoms with Gasteiger partial charge >= 0.3 is 11.9 Å². The van der Waals surface area contributed by atoms with Gasteiger partial charge in [0.2, 0.25) is 0 Å². The Hall–Kier alpha value is -2.61. The molecule has 8 nitrogen and oxygen atoms in total. The van der Waals surface area contributed by atoms with E-state index in [0.717, 1.165) is 55.6 Å². The van der Waals surface area contributed by atoms with E-state index in [-0.39, 0.29) is 5.91 Å². The molecule has 1 aromatic rings. The van der Waals surface area contributed by atoms with E-state index in [2.05, 4.69) is 10.2 Å². The minimum Gasteiger partial charge on any atom is -0.494 e. The van der Waals surface area contributed by atoms with Crippen LogP contribution in [0.1, 0.15) is 61.7 Å². The van der Waals surface area contributed by atoms with Crippen molar-refractivity contribution < 1.29 is 29.3 Å². The third-order valence-corrected chi connectivity index (χ3v) is 6.68. The summed E-state index contributed by atoms with van der Waals surface area (Å²) in [6.07, 6.45) is 10.1. The lowest BCUT2D eigenvalue weighted by atomic mass is 10.0. The van der Waals surface area contributed by atoms with Gasteiger partial charge in [0.15, 0.2) is 0 Å². The number of likely N-dealkylation sites (tertiary alicyclic amines) is 1. The number of nitrogens with one attached hydrogen (secondary N) is 1. The molecule has 2 aliphatic carbocycles. The Bertz CT molecular complexity index is 751. The molecule has 2 atom stereocenters. The molecule has 1 saturated heterocycles. The van der Waals surface area contributed by atoms with E-state index in [1.165, 1.54) is 45.2 Å². The number of carbonyl (C=O) groups excluding carboxylic acids is 1. The third-order valence-electron chi connectivity index (χ3n) is 6.68. The Morgan fingerprint density at radius 1 is 0.906 bits per heavy atom. The molecule has 1 heterocycles. The highest BCUT2D eigenvalue weighted by atomic mass is 16.5. The van der Waals surface area contributed by atoms with Crippen LogP contribution in [0, 0.1) is 11.8 Å². The molecule has 2 saturated carbocycles. The lowest BCUT2D eigenvalue weighted by Crippen LogP contribution is -2.32. The van der Waals surface area contributed by atoms with Gasteiger partial charge in [-0.2, -0.15) is 0 Å². The molecule has 176 valence electrons. The Labute approximate surface area is 188 Å². The number of ether oxygens (including phenoxy) is 1. The Morgan fingerprint density at radius 2 is 1.50 bits per heavy atom. The first kappa shape index (κ1) is 24.0. The molecule has 1 amide bonds. The Balaban J connectivity index is 0.000000427. The van der Waals surface area contributed by atoms with Gasteiger partial charge in [-0.05, 0) is 68.2 Å². The van der Waals surface area contributed by atoms with E-state index < -0.39 is 11.9 Å². The van der Waals surface area contributed by atoms with Gasteiger partial charge in [0.25, 0.3) is 5.91 Å². The van der Waals surface area contributed by atoms with E-state index in [4.69, 9.17) is 24.5 Å². The minimum atomic E-state index is -1.82. The summed E-state index contributed by atoms with van der Waals surface area (Å²) < 4.78 is 5.87. The van der Waals surface area contributed by atoms with Gasteiger partial charge in [0, 0.05) is 31.2 Å². The van der Waals surface area contributed by atoms with Gasteiger partial charge in [0.05, 0.1) is 6.61 Å². The second kappa shape index (κ2) is 11.9. The number of carboxylic acids is 2. The fourth-order valence-electron chi connectivity index (χ4n) is 5.03. The number of fused-ring (bicyclic) bond motifs is 1.